The second-order valence-electron chi connectivity index (χ2n) is 4.86. The number of hydrogen-bond donors (Lipinski definition) is 2. The number of amides is 1. The lowest BCUT2D eigenvalue weighted by atomic mass is 9.60. The van der Waals surface area contributed by atoms with Crippen LogP contribution < -0.4 is 5.32 Å². The monoisotopic (exact) mass is 198 g/mol. The van der Waals surface area contributed by atoms with Crippen molar-refractivity contribution in [2.24, 2.45) is 5.41 Å². The summed E-state index contributed by atoms with van der Waals surface area (Å²) in [7, 11) is 2.15. The summed E-state index contributed by atoms with van der Waals surface area (Å²) in [5.74, 6) is 0. The lowest BCUT2D eigenvalue weighted by Crippen LogP contribution is -2.54. The van der Waals surface area contributed by atoms with Crippen LogP contribution in [0.15, 0.2) is 0 Å². The van der Waals surface area contributed by atoms with Crippen molar-refractivity contribution in [3.63, 3.8) is 0 Å². The molecule has 2 rings (SSSR count). The number of nitrogens with one attached hydrogen (secondary N) is 1. The highest BCUT2D eigenvalue weighted by atomic mass is 16.4. The van der Waals surface area contributed by atoms with Crippen LogP contribution in [0.1, 0.15) is 25.7 Å². The maximum Gasteiger partial charge on any atom is 0.404 e. The van der Waals surface area contributed by atoms with Gasteiger partial charge in [-0.2, -0.15) is 0 Å². The van der Waals surface area contributed by atoms with Crippen LogP contribution in [0, 0.1) is 5.41 Å². The predicted octanol–water partition coefficient (Wildman–Crippen LogP) is 1.13. The van der Waals surface area contributed by atoms with Gasteiger partial charge in [0, 0.05) is 6.04 Å². The van der Waals surface area contributed by atoms with Gasteiger partial charge < -0.3 is 15.3 Å². The molecule has 14 heavy (non-hydrogen) atoms. The Morgan fingerprint density at radius 2 is 2.00 bits per heavy atom. The molecular formula is C10H18N2O2. The number of piperidine rings is 1. The van der Waals surface area contributed by atoms with Crippen LogP contribution in [-0.2, 0) is 0 Å². The molecule has 1 amide bonds. The third kappa shape index (κ3) is 1.85. The smallest absolute Gasteiger partial charge is 0.404 e. The second kappa shape index (κ2) is 3.42. The third-order valence-electron chi connectivity index (χ3n) is 3.73. The Morgan fingerprint density at radius 1 is 1.43 bits per heavy atom. The molecule has 1 aliphatic heterocycles. The minimum atomic E-state index is -0.877. The molecule has 0 radical (unpaired) electrons. The lowest BCUT2D eigenvalue weighted by Gasteiger charge is -2.51. The molecule has 0 aromatic carbocycles. The molecule has 0 bridgehead atoms. The average Bonchev–Trinajstić information content (AvgIpc) is 2.05. The minimum absolute atomic E-state index is 0.218. The van der Waals surface area contributed by atoms with E-state index >= 15 is 0 Å². The fraction of sp³-hybridized carbons (Fsp3) is 0.900. The zero-order chi connectivity index (χ0) is 10.2. The standard InChI is InChI=1S/C10H18N2O2/c1-12-4-2-10(3-5-12)6-8(7-10)11-9(13)14/h8,11H,2-7H2,1H3,(H,13,14). The van der Waals surface area contributed by atoms with E-state index in [9.17, 15) is 4.79 Å². The van der Waals surface area contributed by atoms with E-state index in [0.717, 1.165) is 12.8 Å². The Hall–Kier alpha value is -0.770. The molecule has 2 aliphatic rings. The number of rotatable bonds is 1. The fourth-order valence-electron chi connectivity index (χ4n) is 2.76. The van der Waals surface area contributed by atoms with Gasteiger partial charge in [-0.25, -0.2) is 4.79 Å². The number of carbonyl (C=O) groups is 1. The van der Waals surface area contributed by atoms with Gasteiger partial charge in [0.25, 0.3) is 0 Å². The molecule has 0 aromatic rings. The topological polar surface area (TPSA) is 52.6 Å². The molecule has 1 aliphatic carbocycles. The van der Waals surface area contributed by atoms with Gasteiger partial charge in [0.1, 0.15) is 0 Å². The van der Waals surface area contributed by atoms with E-state index < -0.39 is 6.09 Å². The summed E-state index contributed by atoms with van der Waals surface area (Å²) in [4.78, 5) is 12.8. The first-order valence-electron chi connectivity index (χ1n) is 5.28. The molecule has 4 heteroatoms. The summed E-state index contributed by atoms with van der Waals surface area (Å²) < 4.78 is 0. The number of nitrogens with zero attached hydrogens (tertiary/aromatic N) is 1. The van der Waals surface area contributed by atoms with Crippen LogP contribution in [0.5, 0.6) is 0 Å². The maximum absolute atomic E-state index is 10.4. The van der Waals surface area contributed by atoms with Crippen LogP contribution in [0.25, 0.3) is 0 Å². The van der Waals surface area contributed by atoms with Crippen molar-refractivity contribution in [1.82, 2.24) is 10.2 Å². The predicted molar refractivity (Wildman–Crippen MR) is 53.3 cm³/mol. The Morgan fingerprint density at radius 3 is 2.50 bits per heavy atom. The number of hydrogen-bond acceptors (Lipinski definition) is 2. The fourth-order valence-corrected chi connectivity index (χ4v) is 2.76. The van der Waals surface area contributed by atoms with Crippen molar-refractivity contribution in [2.45, 2.75) is 31.7 Å². The molecule has 80 valence electrons. The van der Waals surface area contributed by atoms with E-state index in [1.54, 1.807) is 0 Å². The molecule has 2 N–H and O–H groups in total. The normalized spacial score (nSPS) is 27.2. The van der Waals surface area contributed by atoms with E-state index in [-0.39, 0.29) is 6.04 Å². The van der Waals surface area contributed by atoms with E-state index in [2.05, 4.69) is 17.3 Å². The molecule has 1 heterocycles. The van der Waals surface area contributed by atoms with Crippen molar-refractivity contribution in [2.75, 3.05) is 20.1 Å². The zero-order valence-electron chi connectivity index (χ0n) is 8.62. The van der Waals surface area contributed by atoms with Crippen molar-refractivity contribution in [3.05, 3.63) is 0 Å². The lowest BCUT2D eigenvalue weighted by molar-refractivity contribution is 0.0148. The summed E-state index contributed by atoms with van der Waals surface area (Å²) in [5.41, 5.74) is 0.472. The summed E-state index contributed by atoms with van der Waals surface area (Å²) in [6.45, 7) is 2.33. The molecule has 2 fully saturated rings. The second-order valence-corrected chi connectivity index (χ2v) is 4.86. The highest BCUT2D eigenvalue weighted by Gasteiger charge is 2.45. The summed E-state index contributed by atoms with van der Waals surface area (Å²) in [6, 6.07) is 0.218. The maximum atomic E-state index is 10.4. The molecule has 1 spiro atoms. The van der Waals surface area contributed by atoms with Gasteiger partial charge >= 0.3 is 6.09 Å². The van der Waals surface area contributed by atoms with Crippen molar-refractivity contribution in [1.29, 1.82) is 0 Å². The largest absolute Gasteiger partial charge is 0.465 e. The minimum Gasteiger partial charge on any atom is -0.465 e. The first-order valence-corrected chi connectivity index (χ1v) is 5.28. The van der Waals surface area contributed by atoms with Gasteiger partial charge in [0.05, 0.1) is 0 Å². The first kappa shape index (κ1) is 9.77. The van der Waals surface area contributed by atoms with Crippen molar-refractivity contribution >= 4 is 6.09 Å². The average molecular weight is 198 g/mol. The SMILES string of the molecule is CN1CCC2(CC1)CC(NC(=O)O)C2. The van der Waals surface area contributed by atoms with Gasteiger partial charge in [-0.1, -0.05) is 0 Å². The van der Waals surface area contributed by atoms with E-state index in [0.29, 0.717) is 5.41 Å². The van der Waals surface area contributed by atoms with Crippen molar-refractivity contribution in [3.8, 4) is 0 Å². The summed E-state index contributed by atoms with van der Waals surface area (Å²) in [6.07, 6.45) is 3.70. The van der Waals surface area contributed by atoms with Gasteiger partial charge in [-0.15, -0.1) is 0 Å². The van der Waals surface area contributed by atoms with E-state index in [1.807, 2.05) is 0 Å². The highest BCUT2D eigenvalue weighted by Crippen LogP contribution is 2.48. The molecule has 0 atom stereocenters. The highest BCUT2D eigenvalue weighted by molar-refractivity contribution is 5.65. The Kier molecular flexibility index (Phi) is 2.39. The number of likely N-dealkylation sites (tertiary alicyclic amines) is 1. The Labute approximate surface area is 84.3 Å². The summed E-state index contributed by atoms with van der Waals surface area (Å²) in [5, 5.41) is 11.1. The molecule has 4 nitrogen and oxygen atoms in total. The van der Waals surface area contributed by atoms with Gasteiger partial charge in [0.15, 0.2) is 0 Å². The van der Waals surface area contributed by atoms with Gasteiger partial charge in [0.2, 0.25) is 0 Å². The number of carboxylic acid groups (broad SMARTS) is 1. The Balaban J connectivity index is 1.78. The van der Waals surface area contributed by atoms with Crippen LogP contribution in [0.4, 0.5) is 4.79 Å². The van der Waals surface area contributed by atoms with Crippen LogP contribution in [0.2, 0.25) is 0 Å². The molecule has 1 saturated heterocycles. The van der Waals surface area contributed by atoms with Gasteiger partial charge in [-0.05, 0) is 51.2 Å². The first-order chi connectivity index (χ1) is 6.60. The molecular weight excluding hydrogens is 180 g/mol. The quantitative estimate of drug-likeness (QED) is 0.664. The van der Waals surface area contributed by atoms with Crippen LogP contribution >= 0.6 is 0 Å². The molecule has 0 unspecified atom stereocenters. The molecule has 1 saturated carbocycles. The van der Waals surface area contributed by atoms with Crippen molar-refractivity contribution < 1.29 is 9.90 Å². The molecule has 0 aromatic heterocycles. The van der Waals surface area contributed by atoms with Crippen LogP contribution in [0.3, 0.4) is 0 Å². The van der Waals surface area contributed by atoms with Crippen LogP contribution in [-0.4, -0.2) is 42.3 Å². The zero-order valence-corrected chi connectivity index (χ0v) is 8.62. The van der Waals surface area contributed by atoms with Gasteiger partial charge in [-0.3, -0.25) is 0 Å². The van der Waals surface area contributed by atoms with E-state index in [4.69, 9.17) is 5.11 Å². The third-order valence-corrected chi connectivity index (χ3v) is 3.73. The Bertz CT molecular complexity index is 226. The summed E-state index contributed by atoms with van der Waals surface area (Å²) >= 11 is 0. The van der Waals surface area contributed by atoms with E-state index in [1.165, 1.54) is 25.9 Å².